The molecule has 1 aromatic carbocycles. The normalized spacial score (nSPS) is 22.3. The van der Waals surface area contributed by atoms with Crippen molar-refractivity contribution in [2.24, 2.45) is 0 Å². The van der Waals surface area contributed by atoms with E-state index in [1.807, 2.05) is 26.0 Å². The van der Waals surface area contributed by atoms with Crippen LogP contribution in [0, 0.1) is 0 Å². The second-order valence-electron chi connectivity index (χ2n) is 5.65. The van der Waals surface area contributed by atoms with E-state index in [1.54, 1.807) is 0 Å². The first-order valence-corrected chi connectivity index (χ1v) is 8.71. The predicted octanol–water partition coefficient (Wildman–Crippen LogP) is 1.85. The minimum Gasteiger partial charge on any atom is -0.494 e. The van der Waals surface area contributed by atoms with Crippen molar-refractivity contribution >= 4 is 22.9 Å². The lowest BCUT2D eigenvalue weighted by molar-refractivity contribution is -0.122. The van der Waals surface area contributed by atoms with Crippen molar-refractivity contribution in [3.05, 3.63) is 23.3 Å². The molecule has 3 rings (SSSR count). The Morgan fingerprint density at radius 3 is 3.04 bits per heavy atom. The van der Waals surface area contributed by atoms with Gasteiger partial charge in [-0.1, -0.05) is 11.8 Å². The summed E-state index contributed by atoms with van der Waals surface area (Å²) in [6.07, 6.45) is 1.03. The number of carbonyl (C=O) groups is 2. The fourth-order valence-electron chi connectivity index (χ4n) is 2.74. The van der Waals surface area contributed by atoms with E-state index in [1.165, 1.54) is 0 Å². The van der Waals surface area contributed by atoms with E-state index in [4.69, 9.17) is 9.47 Å². The summed E-state index contributed by atoms with van der Waals surface area (Å²) < 4.78 is 11.5. The molecule has 0 spiro atoms. The zero-order valence-corrected chi connectivity index (χ0v) is 14.0. The first-order chi connectivity index (χ1) is 11.1. The van der Waals surface area contributed by atoms with Crippen molar-refractivity contribution in [1.82, 2.24) is 10.6 Å². The molecule has 6 nitrogen and oxygen atoms in total. The van der Waals surface area contributed by atoms with Gasteiger partial charge in [-0.3, -0.25) is 9.59 Å². The minimum atomic E-state index is -0.464. The Labute approximate surface area is 139 Å². The summed E-state index contributed by atoms with van der Waals surface area (Å²) in [4.78, 5) is 23.3. The number of amides is 2. The molecule has 0 unspecified atom stereocenters. The zero-order valence-electron chi connectivity index (χ0n) is 13.2. The number of hydrogen-bond donors (Lipinski definition) is 2. The molecular formula is C16H20N2O4S. The van der Waals surface area contributed by atoms with Crippen molar-refractivity contribution in [2.75, 3.05) is 12.4 Å². The Kier molecular flexibility index (Phi) is 4.66. The summed E-state index contributed by atoms with van der Waals surface area (Å²) in [7, 11) is 0. The Hall–Kier alpha value is -1.89. The van der Waals surface area contributed by atoms with E-state index >= 15 is 0 Å². The maximum atomic E-state index is 12.1. The monoisotopic (exact) mass is 336 g/mol. The minimum absolute atomic E-state index is 0.153. The average molecular weight is 336 g/mol. The average Bonchev–Trinajstić information content (AvgIpc) is 3.09. The van der Waals surface area contributed by atoms with Crippen LogP contribution in [0.2, 0.25) is 0 Å². The van der Waals surface area contributed by atoms with Crippen LogP contribution in [0.25, 0.3) is 0 Å². The van der Waals surface area contributed by atoms with Gasteiger partial charge in [0.05, 0.1) is 6.61 Å². The summed E-state index contributed by atoms with van der Waals surface area (Å²) in [6.45, 7) is 4.87. The maximum Gasteiger partial charge on any atom is 0.279 e. The third-order valence-corrected chi connectivity index (χ3v) is 4.70. The zero-order chi connectivity index (χ0) is 16.4. The molecule has 2 aliphatic heterocycles. The molecule has 1 saturated heterocycles. The highest BCUT2D eigenvalue weighted by Crippen LogP contribution is 2.35. The Morgan fingerprint density at radius 1 is 1.52 bits per heavy atom. The molecule has 0 aliphatic carbocycles. The lowest BCUT2D eigenvalue weighted by atomic mass is 10.1. The van der Waals surface area contributed by atoms with Crippen molar-refractivity contribution in [1.29, 1.82) is 0 Å². The van der Waals surface area contributed by atoms with Crippen LogP contribution in [-0.4, -0.2) is 35.7 Å². The molecule has 2 atom stereocenters. The van der Waals surface area contributed by atoms with Crippen LogP contribution < -0.4 is 20.1 Å². The van der Waals surface area contributed by atoms with Gasteiger partial charge in [0, 0.05) is 29.8 Å². The van der Waals surface area contributed by atoms with Gasteiger partial charge in [-0.2, -0.15) is 0 Å². The lowest BCUT2D eigenvalue weighted by Gasteiger charge is -2.15. The van der Waals surface area contributed by atoms with E-state index < -0.39 is 6.04 Å². The first-order valence-electron chi connectivity index (χ1n) is 7.73. The van der Waals surface area contributed by atoms with Crippen LogP contribution in [0.4, 0.5) is 4.79 Å². The molecule has 2 aliphatic rings. The molecule has 1 aromatic rings. The molecule has 2 N–H and O–H groups in total. The molecule has 0 radical (unpaired) electrons. The number of nitrogens with one attached hydrogen (secondary N) is 2. The Morgan fingerprint density at radius 2 is 2.35 bits per heavy atom. The molecule has 124 valence electrons. The lowest BCUT2D eigenvalue weighted by Crippen LogP contribution is -2.42. The number of carbonyl (C=O) groups excluding carboxylic acids is 2. The fraction of sp³-hybridized carbons (Fsp3) is 0.500. The number of thioether (sulfide) groups is 1. The van der Waals surface area contributed by atoms with Crippen LogP contribution in [0.15, 0.2) is 12.1 Å². The van der Waals surface area contributed by atoms with Gasteiger partial charge in [-0.25, -0.2) is 0 Å². The van der Waals surface area contributed by atoms with Crippen LogP contribution >= 0.6 is 11.8 Å². The van der Waals surface area contributed by atoms with E-state index in [0.29, 0.717) is 18.9 Å². The van der Waals surface area contributed by atoms with E-state index in [0.717, 1.165) is 40.8 Å². The summed E-state index contributed by atoms with van der Waals surface area (Å²) in [5.74, 6) is 1.91. The highest BCUT2D eigenvalue weighted by Gasteiger charge is 2.28. The molecule has 1 fully saturated rings. The molecule has 0 bridgehead atoms. The Bertz CT molecular complexity index is 635. The second-order valence-corrected chi connectivity index (χ2v) is 6.64. The van der Waals surface area contributed by atoms with E-state index in [2.05, 4.69) is 10.6 Å². The van der Waals surface area contributed by atoms with Crippen molar-refractivity contribution < 1.29 is 19.1 Å². The molecule has 0 aromatic heterocycles. The van der Waals surface area contributed by atoms with Crippen LogP contribution in [0.5, 0.6) is 11.5 Å². The number of benzene rings is 1. The van der Waals surface area contributed by atoms with Crippen LogP contribution in [0.3, 0.4) is 0 Å². The van der Waals surface area contributed by atoms with Gasteiger partial charge >= 0.3 is 0 Å². The van der Waals surface area contributed by atoms with Gasteiger partial charge in [0.25, 0.3) is 5.24 Å². The molecule has 23 heavy (non-hydrogen) atoms. The van der Waals surface area contributed by atoms with Gasteiger partial charge in [-0.15, -0.1) is 0 Å². The number of ether oxygens (including phenoxy) is 2. The topological polar surface area (TPSA) is 76.7 Å². The standard InChI is InChI=1S/C16H20N2O4S/c1-3-21-13-5-10-4-9(2)22-14(10)6-11(13)7-17-15(19)12-8-23-16(20)18-12/h5-6,9,12H,3-4,7-8H2,1-2H3,(H,17,19)(H,18,20)/t9-,12+/m1/s1. The quantitative estimate of drug-likeness (QED) is 0.858. The van der Waals surface area contributed by atoms with Crippen molar-refractivity contribution in [3.63, 3.8) is 0 Å². The molecule has 7 heteroatoms. The summed E-state index contributed by atoms with van der Waals surface area (Å²) in [5, 5.41) is 5.34. The summed E-state index contributed by atoms with van der Waals surface area (Å²) in [6, 6.07) is 3.47. The first kappa shape index (κ1) is 16.0. The van der Waals surface area contributed by atoms with Crippen LogP contribution in [-0.2, 0) is 17.8 Å². The molecular weight excluding hydrogens is 316 g/mol. The highest BCUT2D eigenvalue weighted by atomic mass is 32.2. The molecule has 2 amide bonds. The second kappa shape index (κ2) is 6.70. The summed E-state index contributed by atoms with van der Waals surface area (Å²) in [5.41, 5.74) is 2.01. The fourth-order valence-corrected chi connectivity index (χ4v) is 3.52. The smallest absolute Gasteiger partial charge is 0.279 e. The van der Waals surface area contributed by atoms with Crippen LogP contribution in [0.1, 0.15) is 25.0 Å². The van der Waals surface area contributed by atoms with Gasteiger partial charge in [0.15, 0.2) is 0 Å². The number of fused-ring (bicyclic) bond motifs is 1. The number of hydrogen-bond acceptors (Lipinski definition) is 5. The molecule has 2 heterocycles. The van der Waals surface area contributed by atoms with Gasteiger partial charge in [0.1, 0.15) is 23.6 Å². The third-order valence-electron chi connectivity index (χ3n) is 3.82. The molecule has 0 saturated carbocycles. The van der Waals surface area contributed by atoms with Gasteiger partial charge in [0.2, 0.25) is 5.91 Å². The van der Waals surface area contributed by atoms with Gasteiger partial charge in [-0.05, 0) is 26.0 Å². The van der Waals surface area contributed by atoms with Gasteiger partial charge < -0.3 is 20.1 Å². The highest BCUT2D eigenvalue weighted by molar-refractivity contribution is 8.14. The third kappa shape index (κ3) is 3.55. The van der Waals surface area contributed by atoms with E-state index in [-0.39, 0.29) is 17.3 Å². The summed E-state index contributed by atoms with van der Waals surface area (Å²) >= 11 is 1.13. The Balaban J connectivity index is 1.70. The largest absolute Gasteiger partial charge is 0.494 e. The van der Waals surface area contributed by atoms with Crippen molar-refractivity contribution in [2.45, 2.75) is 39.0 Å². The van der Waals surface area contributed by atoms with Crippen molar-refractivity contribution in [3.8, 4) is 11.5 Å². The number of rotatable bonds is 5. The SMILES string of the molecule is CCOc1cc2c(cc1CNC(=O)[C@@H]1CSC(=O)N1)O[C@H](C)C2. The maximum absolute atomic E-state index is 12.1. The van der Waals surface area contributed by atoms with E-state index in [9.17, 15) is 9.59 Å². The predicted molar refractivity (Wildman–Crippen MR) is 88.0 cm³/mol.